The number of rotatable bonds is 5. The molecule has 0 aromatic heterocycles. The van der Waals surface area contributed by atoms with E-state index in [-0.39, 0.29) is 12.2 Å². The zero-order valence-electron chi connectivity index (χ0n) is 10.9. The highest BCUT2D eigenvalue weighted by molar-refractivity contribution is 6.41. The van der Waals surface area contributed by atoms with Gasteiger partial charge in [-0.05, 0) is 26.0 Å². The molecule has 0 spiro atoms. The highest BCUT2D eigenvalue weighted by Gasteiger charge is 2.23. The molecule has 1 aromatic carbocycles. The molecule has 0 N–H and O–H groups in total. The number of hydrogen-bond donors (Lipinski definition) is 0. The number of methoxy groups -OCH3 is 2. The van der Waals surface area contributed by atoms with Crippen molar-refractivity contribution in [2.24, 2.45) is 0 Å². The van der Waals surface area contributed by atoms with Crippen LogP contribution in [-0.2, 0) is 9.53 Å². The second-order valence-corrected chi connectivity index (χ2v) is 3.52. The zero-order chi connectivity index (χ0) is 13.7. The van der Waals surface area contributed by atoms with E-state index in [1.165, 1.54) is 20.3 Å². The SMILES string of the molecule is CCOC(=O)C(=O)c1ccc(OC)c(C)c1OC. The quantitative estimate of drug-likeness (QED) is 0.454. The van der Waals surface area contributed by atoms with Crippen LogP contribution in [0.15, 0.2) is 12.1 Å². The van der Waals surface area contributed by atoms with Crippen LogP contribution in [0.25, 0.3) is 0 Å². The minimum Gasteiger partial charge on any atom is -0.496 e. The Bertz CT molecular complexity index is 465. The van der Waals surface area contributed by atoms with E-state index in [0.717, 1.165) is 0 Å². The van der Waals surface area contributed by atoms with Gasteiger partial charge in [0.15, 0.2) is 0 Å². The molecule has 0 bridgehead atoms. The standard InChI is InChI=1S/C13H16O5/c1-5-18-13(15)11(14)9-6-7-10(16-3)8(2)12(9)17-4/h6-7H,5H2,1-4H3. The molecule has 5 heteroatoms. The van der Waals surface area contributed by atoms with Gasteiger partial charge in [0.25, 0.3) is 5.78 Å². The Labute approximate surface area is 106 Å². The molecule has 0 unspecified atom stereocenters. The van der Waals surface area contributed by atoms with Crippen LogP contribution in [0.5, 0.6) is 11.5 Å². The molecule has 0 aliphatic heterocycles. The van der Waals surface area contributed by atoms with Gasteiger partial charge in [-0.1, -0.05) is 0 Å². The molecule has 0 saturated heterocycles. The predicted octanol–water partition coefficient (Wildman–Crippen LogP) is 1.76. The minimum atomic E-state index is -0.889. The van der Waals surface area contributed by atoms with Crippen molar-refractivity contribution in [3.8, 4) is 11.5 Å². The first-order chi connectivity index (χ1) is 8.56. The van der Waals surface area contributed by atoms with Crippen molar-refractivity contribution < 1.29 is 23.8 Å². The highest BCUT2D eigenvalue weighted by Crippen LogP contribution is 2.31. The summed E-state index contributed by atoms with van der Waals surface area (Å²) in [6.45, 7) is 3.54. The Morgan fingerprint density at radius 2 is 1.83 bits per heavy atom. The summed E-state index contributed by atoms with van der Waals surface area (Å²) in [5.74, 6) is -0.695. The van der Waals surface area contributed by atoms with E-state index in [1.54, 1.807) is 19.9 Å². The molecule has 1 rings (SSSR count). The number of esters is 1. The third kappa shape index (κ3) is 2.61. The molecule has 0 fully saturated rings. The first-order valence-electron chi connectivity index (χ1n) is 5.49. The van der Waals surface area contributed by atoms with E-state index < -0.39 is 11.8 Å². The summed E-state index contributed by atoms with van der Waals surface area (Å²) in [4.78, 5) is 23.3. The summed E-state index contributed by atoms with van der Waals surface area (Å²) in [5.41, 5.74) is 0.837. The fourth-order valence-electron chi connectivity index (χ4n) is 1.64. The van der Waals surface area contributed by atoms with Gasteiger partial charge >= 0.3 is 5.97 Å². The van der Waals surface area contributed by atoms with Gasteiger partial charge in [-0.25, -0.2) is 4.79 Å². The number of Topliss-reactive ketones (excluding diaryl/α,β-unsaturated/α-hetero) is 1. The van der Waals surface area contributed by atoms with Gasteiger partial charge in [0, 0.05) is 5.56 Å². The lowest BCUT2D eigenvalue weighted by atomic mass is 10.0. The lowest BCUT2D eigenvalue weighted by molar-refractivity contribution is -0.137. The van der Waals surface area contributed by atoms with E-state index >= 15 is 0 Å². The summed E-state index contributed by atoms with van der Waals surface area (Å²) in [6.07, 6.45) is 0. The maximum Gasteiger partial charge on any atom is 0.379 e. The molecule has 1 aromatic rings. The largest absolute Gasteiger partial charge is 0.496 e. The van der Waals surface area contributed by atoms with Gasteiger partial charge in [0.05, 0.1) is 26.4 Å². The van der Waals surface area contributed by atoms with Gasteiger partial charge in [-0.15, -0.1) is 0 Å². The fourth-order valence-corrected chi connectivity index (χ4v) is 1.64. The maximum absolute atomic E-state index is 11.9. The van der Waals surface area contributed by atoms with Crippen LogP contribution in [-0.4, -0.2) is 32.6 Å². The molecule has 0 atom stereocenters. The molecule has 0 heterocycles. The number of ether oxygens (including phenoxy) is 3. The summed E-state index contributed by atoms with van der Waals surface area (Å²) < 4.78 is 15.0. The van der Waals surface area contributed by atoms with Crippen molar-refractivity contribution in [1.82, 2.24) is 0 Å². The summed E-state index contributed by atoms with van der Waals surface area (Å²) in [6, 6.07) is 3.11. The van der Waals surface area contributed by atoms with E-state index in [1.807, 2.05) is 0 Å². The maximum atomic E-state index is 11.9. The lowest BCUT2D eigenvalue weighted by Crippen LogP contribution is -2.18. The van der Waals surface area contributed by atoms with Crippen LogP contribution in [0.3, 0.4) is 0 Å². The Morgan fingerprint density at radius 3 is 2.33 bits per heavy atom. The third-order valence-corrected chi connectivity index (χ3v) is 2.49. The smallest absolute Gasteiger partial charge is 0.379 e. The minimum absolute atomic E-state index is 0.155. The number of carbonyl (C=O) groups excluding carboxylic acids is 2. The highest BCUT2D eigenvalue weighted by atomic mass is 16.5. The topological polar surface area (TPSA) is 61.8 Å². The molecule has 0 amide bonds. The van der Waals surface area contributed by atoms with Crippen molar-refractivity contribution in [3.63, 3.8) is 0 Å². The summed E-state index contributed by atoms with van der Waals surface area (Å²) in [7, 11) is 2.96. The average Bonchev–Trinajstić information content (AvgIpc) is 2.37. The van der Waals surface area contributed by atoms with E-state index in [9.17, 15) is 9.59 Å². The van der Waals surface area contributed by atoms with E-state index in [0.29, 0.717) is 17.1 Å². The Morgan fingerprint density at radius 1 is 1.17 bits per heavy atom. The van der Waals surface area contributed by atoms with Gasteiger partial charge in [-0.3, -0.25) is 4.79 Å². The molecule has 18 heavy (non-hydrogen) atoms. The van der Waals surface area contributed by atoms with Crippen LogP contribution < -0.4 is 9.47 Å². The van der Waals surface area contributed by atoms with E-state index in [2.05, 4.69) is 4.74 Å². The number of hydrogen-bond acceptors (Lipinski definition) is 5. The van der Waals surface area contributed by atoms with Crippen LogP contribution in [0.1, 0.15) is 22.8 Å². The molecule has 98 valence electrons. The molecule has 0 radical (unpaired) electrons. The summed E-state index contributed by atoms with van der Waals surface area (Å²) >= 11 is 0. The van der Waals surface area contributed by atoms with E-state index in [4.69, 9.17) is 9.47 Å². The van der Waals surface area contributed by atoms with Crippen LogP contribution in [0.2, 0.25) is 0 Å². The first-order valence-corrected chi connectivity index (χ1v) is 5.49. The molecular weight excluding hydrogens is 236 g/mol. The van der Waals surface area contributed by atoms with Crippen molar-refractivity contribution in [3.05, 3.63) is 23.3 Å². The first kappa shape index (κ1) is 14.0. The fraction of sp³-hybridized carbons (Fsp3) is 0.385. The molecule has 0 aliphatic carbocycles. The molecule has 0 saturated carbocycles. The van der Waals surface area contributed by atoms with Gasteiger partial charge in [0.1, 0.15) is 11.5 Å². The number of carbonyl (C=O) groups is 2. The van der Waals surface area contributed by atoms with Crippen molar-refractivity contribution in [2.75, 3.05) is 20.8 Å². The number of benzene rings is 1. The normalized spacial score (nSPS) is 9.78. The second kappa shape index (κ2) is 6.05. The Balaban J connectivity index is 3.21. The van der Waals surface area contributed by atoms with Gasteiger partial charge < -0.3 is 14.2 Å². The van der Waals surface area contributed by atoms with Gasteiger partial charge in [0.2, 0.25) is 0 Å². The molecule has 5 nitrogen and oxygen atoms in total. The van der Waals surface area contributed by atoms with Crippen molar-refractivity contribution >= 4 is 11.8 Å². The van der Waals surface area contributed by atoms with Gasteiger partial charge in [-0.2, -0.15) is 0 Å². The summed E-state index contributed by atoms with van der Waals surface area (Å²) in [5, 5.41) is 0. The zero-order valence-corrected chi connectivity index (χ0v) is 10.9. The van der Waals surface area contributed by atoms with Crippen LogP contribution in [0.4, 0.5) is 0 Å². The predicted molar refractivity (Wildman–Crippen MR) is 65.2 cm³/mol. The average molecular weight is 252 g/mol. The molecule has 0 aliphatic rings. The van der Waals surface area contributed by atoms with Crippen molar-refractivity contribution in [1.29, 1.82) is 0 Å². The monoisotopic (exact) mass is 252 g/mol. The Hall–Kier alpha value is -2.04. The van der Waals surface area contributed by atoms with Crippen LogP contribution >= 0.6 is 0 Å². The lowest BCUT2D eigenvalue weighted by Gasteiger charge is -2.13. The van der Waals surface area contributed by atoms with Crippen molar-refractivity contribution in [2.45, 2.75) is 13.8 Å². The Kier molecular flexibility index (Phi) is 4.71. The number of ketones is 1. The second-order valence-electron chi connectivity index (χ2n) is 3.52. The van der Waals surface area contributed by atoms with Crippen LogP contribution in [0, 0.1) is 6.92 Å². The molecular formula is C13H16O5. The third-order valence-electron chi connectivity index (χ3n) is 2.49.